The minimum atomic E-state index is -0.667. The number of aromatic nitrogens is 2. The Morgan fingerprint density at radius 1 is 1.04 bits per heavy atom. The Kier molecular flexibility index (Phi) is 5.45. The summed E-state index contributed by atoms with van der Waals surface area (Å²) in [6, 6.07) is 14.7. The van der Waals surface area contributed by atoms with Crippen LogP contribution in [-0.2, 0) is 0 Å². The topological polar surface area (TPSA) is 130 Å². The van der Waals surface area contributed by atoms with Crippen LogP contribution >= 0.6 is 22.6 Å². The smallest absolute Gasteiger partial charge is 0.272 e. The standard InChI is InChI=1S/C17H12IN5O4/c18-13-7-6-11(23(26)27)8-12(13)16(24)21-22-17(25)15-9-14(19-20-15)10-4-2-1-3-5-10/h1-9H,(H,19,20)(H,21,24)(H,22,25). The number of rotatable bonds is 4. The second-order valence-electron chi connectivity index (χ2n) is 5.36. The van der Waals surface area contributed by atoms with E-state index in [9.17, 15) is 19.7 Å². The van der Waals surface area contributed by atoms with Gasteiger partial charge in [-0.05, 0) is 34.7 Å². The second-order valence-corrected chi connectivity index (χ2v) is 6.52. The van der Waals surface area contributed by atoms with Crippen molar-refractivity contribution in [1.29, 1.82) is 0 Å². The molecule has 0 saturated heterocycles. The number of hydrazine groups is 1. The van der Waals surface area contributed by atoms with E-state index in [1.165, 1.54) is 12.1 Å². The Balaban J connectivity index is 1.68. The molecule has 0 aliphatic carbocycles. The summed E-state index contributed by atoms with van der Waals surface area (Å²) in [5, 5.41) is 17.5. The lowest BCUT2D eigenvalue weighted by molar-refractivity contribution is -0.384. The van der Waals surface area contributed by atoms with Crippen LogP contribution in [0.1, 0.15) is 20.8 Å². The summed E-state index contributed by atoms with van der Waals surface area (Å²) in [6.07, 6.45) is 0. The van der Waals surface area contributed by atoms with Crippen molar-refractivity contribution < 1.29 is 14.5 Å². The van der Waals surface area contributed by atoms with Crippen molar-refractivity contribution in [2.24, 2.45) is 0 Å². The highest BCUT2D eigenvalue weighted by molar-refractivity contribution is 14.1. The predicted octanol–water partition coefficient (Wildman–Crippen LogP) is 2.66. The summed E-state index contributed by atoms with van der Waals surface area (Å²) in [4.78, 5) is 34.7. The van der Waals surface area contributed by atoms with E-state index < -0.39 is 16.7 Å². The number of carbonyl (C=O) groups is 2. The molecule has 0 spiro atoms. The van der Waals surface area contributed by atoms with Crippen molar-refractivity contribution in [3.05, 3.63) is 79.5 Å². The third-order valence-corrected chi connectivity index (χ3v) is 4.53. The molecule has 3 aromatic rings. The monoisotopic (exact) mass is 477 g/mol. The highest BCUT2D eigenvalue weighted by atomic mass is 127. The van der Waals surface area contributed by atoms with Gasteiger partial charge in [0.25, 0.3) is 17.5 Å². The number of non-ortho nitro benzene ring substituents is 1. The molecule has 9 nitrogen and oxygen atoms in total. The maximum absolute atomic E-state index is 12.2. The molecule has 3 rings (SSSR count). The highest BCUT2D eigenvalue weighted by Crippen LogP contribution is 2.19. The number of nitro groups is 1. The van der Waals surface area contributed by atoms with Gasteiger partial charge in [-0.25, -0.2) is 0 Å². The van der Waals surface area contributed by atoms with Crippen LogP contribution in [0.4, 0.5) is 5.69 Å². The molecule has 1 aromatic heterocycles. The summed E-state index contributed by atoms with van der Waals surface area (Å²) in [7, 11) is 0. The van der Waals surface area contributed by atoms with E-state index in [-0.39, 0.29) is 16.9 Å². The van der Waals surface area contributed by atoms with Crippen molar-refractivity contribution in [3.8, 4) is 11.3 Å². The van der Waals surface area contributed by atoms with Gasteiger partial charge in [0, 0.05) is 21.3 Å². The molecule has 0 aliphatic rings. The molecule has 27 heavy (non-hydrogen) atoms. The lowest BCUT2D eigenvalue weighted by atomic mass is 10.1. The van der Waals surface area contributed by atoms with Gasteiger partial charge in [0.05, 0.1) is 16.2 Å². The number of amides is 2. The maximum Gasteiger partial charge on any atom is 0.287 e. The number of H-pyrrole nitrogens is 1. The van der Waals surface area contributed by atoms with Gasteiger partial charge >= 0.3 is 0 Å². The van der Waals surface area contributed by atoms with E-state index in [0.717, 1.165) is 11.6 Å². The number of benzene rings is 2. The van der Waals surface area contributed by atoms with Crippen LogP contribution in [0.3, 0.4) is 0 Å². The van der Waals surface area contributed by atoms with Crippen molar-refractivity contribution >= 4 is 40.1 Å². The quantitative estimate of drug-likeness (QED) is 0.302. The predicted molar refractivity (Wildman–Crippen MR) is 105 cm³/mol. The molecule has 136 valence electrons. The van der Waals surface area contributed by atoms with Crippen LogP contribution in [0, 0.1) is 13.7 Å². The lowest BCUT2D eigenvalue weighted by Crippen LogP contribution is -2.42. The molecule has 10 heteroatoms. The Bertz CT molecular complexity index is 1020. The Morgan fingerprint density at radius 2 is 1.74 bits per heavy atom. The average Bonchev–Trinajstić information content (AvgIpc) is 3.17. The van der Waals surface area contributed by atoms with Gasteiger partial charge in [-0.2, -0.15) is 5.10 Å². The van der Waals surface area contributed by atoms with E-state index in [0.29, 0.717) is 9.26 Å². The average molecular weight is 477 g/mol. The first-order chi connectivity index (χ1) is 13.0. The summed E-state index contributed by atoms with van der Waals surface area (Å²) in [5.74, 6) is -1.27. The highest BCUT2D eigenvalue weighted by Gasteiger charge is 2.17. The van der Waals surface area contributed by atoms with Crippen LogP contribution in [0.2, 0.25) is 0 Å². The first-order valence-electron chi connectivity index (χ1n) is 7.61. The number of hydrogen-bond acceptors (Lipinski definition) is 5. The Morgan fingerprint density at radius 3 is 2.44 bits per heavy atom. The van der Waals surface area contributed by atoms with E-state index in [1.54, 1.807) is 6.07 Å². The zero-order valence-electron chi connectivity index (χ0n) is 13.6. The SMILES string of the molecule is O=C(NNC(=O)c1cc([N+](=O)[O-])ccc1I)c1cc(-c2ccccc2)n[nH]1. The molecule has 0 fully saturated rings. The molecular weight excluding hydrogens is 465 g/mol. The van der Waals surface area contributed by atoms with E-state index >= 15 is 0 Å². The van der Waals surface area contributed by atoms with E-state index in [2.05, 4.69) is 21.0 Å². The van der Waals surface area contributed by atoms with Crippen LogP contribution in [0.25, 0.3) is 11.3 Å². The molecule has 1 heterocycles. The van der Waals surface area contributed by atoms with Crippen molar-refractivity contribution in [1.82, 2.24) is 21.0 Å². The minimum Gasteiger partial charge on any atom is -0.272 e. The number of halogens is 1. The number of hydrogen-bond donors (Lipinski definition) is 3. The largest absolute Gasteiger partial charge is 0.287 e. The van der Waals surface area contributed by atoms with Crippen LogP contribution in [0.15, 0.2) is 54.6 Å². The van der Waals surface area contributed by atoms with Gasteiger partial charge < -0.3 is 0 Å². The van der Waals surface area contributed by atoms with Gasteiger partial charge in [-0.3, -0.25) is 35.7 Å². The molecule has 0 atom stereocenters. The van der Waals surface area contributed by atoms with Gasteiger partial charge in [0.2, 0.25) is 0 Å². The first-order valence-corrected chi connectivity index (χ1v) is 8.69. The molecule has 0 aliphatic heterocycles. The van der Waals surface area contributed by atoms with Crippen molar-refractivity contribution in [3.63, 3.8) is 0 Å². The number of nitro benzene ring substituents is 1. The van der Waals surface area contributed by atoms with E-state index in [1.807, 2.05) is 52.9 Å². The number of aromatic amines is 1. The second kappa shape index (κ2) is 7.95. The van der Waals surface area contributed by atoms with Crippen LogP contribution in [0.5, 0.6) is 0 Å². The first kappa shape index (κ1) is 18.5. The Labute approximate surface area is 166 Å². The normalized spacial score (nSPS) is 10.3. The van der Waals surface area contributed by atoms with Gasteiger partial charge in [-0.1, -0.05) is 30.3 Å². The van der Waals surface area contributed by atoms with Gasteiger partial charge in [-0.15, -0.1) is 0 Å². The van der Waals surface area contributed by atoms with Crippen LogP contribution in [-0.4, -0.2) is 26.9 Å². The van der Waals surface area contributed by atoms with E-state index in [4.69, 9.17) is 0 Å². The molecular formula is C17H12IN5O4. The minimum absolute atomic E-state index is 0.0830. The summed E-state index contributed by atoms with van der Waals surface area (Å²) >= 11 is 1.88. The fraction of sp³-hybridized carbons (Fsp3) is 0. The zero-order valence-corrected chi connectivity index (χ0v) is 15.8. The van der Waals surface area contributed by atoms with Gasteiger partial charge in [0.1, 0.15) is 5.69 Å². The molecule has 2 amide bonds. The summed E-state index contributed by atoms with van der Waals surface area (Å²) in [5.41, 5.74) is 5.94. The maximum atomic E-state index is 12.2. The number of carbonyl (C=O) groups excluding carboxylic acids is 2. The fourth-order valence-corrected chi connectivity index (χ4v) is 2.82. The number of nitrogens with one attached hydrogen (secondary N) is 3. The summed E-state index contributed by atoms with van der Waals surface area (Å²) < 4.78 is 0.512. The molecule has 0 bridgehead atoms. The summed E-state index contributed by atoms with van der Waals surface area (Å²) in [6.45, 7) is 0. The Hall–Kier alpha value is -3.28. The molecule has 0 unspecified atom stereocenters. The molecule has 3 N–H and O–H groups in total. The molecule has 0 radical (unpaired) electrons. The fourth-order valence-electron chi connectivity index (χ4n) is 2.24. The lowest BCUT2D eigenvalue weighted by Gasteiger charge is -2.07. The third kappa shape index (κ3) is 4.28. The van der Waals surface area contributed by atoms with Gasteiger partial charge in [0.15, 0.2) is 0 Å². The zero-order chi connectivity index (χ0) is 19.4. The number of nitrogens with zero attached hydrogens (tertiary/aromatic N) is 2. The van der Waals surface area contributed by atoms with Crippen LogP contribution < -0.4 is 10.9 Å². The van der Waals surface area contributed by atoms with Crippen molar-refractivity contribution in [2.45, 2.75) is 0 Å². The molecule has 2 aromatic carbocycles. The third-order valence-electron chi connectivity index (χ3n) is 3.59. The van der Waals surface area contributed by atoms with Crippen molar-refractivity contribution in [2.75, 3.05) is 0 Å². The molecule has 0 saturated carbocycles.